The summed E-state index contributed by atoms with van der Waals surface area (Å²) in [6.07, 6.45) is 0. The number of hydrogen-bond donors (Lipinski definition) is 0. The summed E-state index contributed by atoms with van der Waals surface area (Å²) in [6, 6.07) is 12.9. The molecule has 0 aromatic heterocycles. The van der Waals surface area contributed by atoms with Crippen molar-refractivity contribution < 1.29 is 14.3 Å². The quantitative estimate of drug-likeness (QED) is 0.592. The van der Waals surface area contributed by atoms with Crippen molar-refractivity contribution in [1.82, 2.24) is 0 Å². The Kier molecular flexibility index (Phi) is 4.79. The SMILES string of the molecule is COc1cc(C(C)=O)ccc1Oc1ccccc1CBr. The molecule has 0 saturated carbocycles. The maximum absolute atomic E-state index is 11.4. The largest absolute Gasteiger partial charge is 0.493 e. The molecule has 0 N–H and O–H groups in total. The number of alkyl halides is 1. The Bertz CT molecular complexity index is 623. The molecule has 0 amide bonds. The summed E-state index contributed by atoms with van der Waals surface area (Å²) in [4.78, 5) is 11.4. The average molecular weight is 335 g/mol. The highest BCUT2D eigenvalue weighted by molar-refractivity contribution is 9.08. The van der Waals surface area contributed by atoms with Gasteiger partial charge in [-0.15, -0.1) is 0 Å². The first-order chi connectivity index (χ1) is 9.65. The number of halogens is 1. The molecule has 4 heteroatoms. The Hall–Kier alpha value is -1.81. The summed E-state index contributed by atoms with van der Waals surface area (Å²) >= 11 is 3.43. The lowest BCUT2D eigenvalue weighted by atomic mass is 10.1. The van der Waals surface area contributed by atoms with Gasteiger partial charge in [0.25, 0.3) is 0 Å². The van der Waals surface area contributed by atoms with Crippen molar-refractivity contribution in [3.63, 3.8) is 0 Å². The topological polar surface area (TPSA) is 35.5 Å². The Morgan fingerprint density at radius 2 is 1.85 bits per heavy atom. The van der Waals surface area contributed by atoms with Gasteiger partial charge in [0.2, 0.25) is 0 Å². The van der Waals surface area contributed by atoms with Crippen LogP contribution in [0.4, 0.5) is 0 Å². The number of rotatable bonds is 5. The lowest BCUT2D eigenvalue weighted by Crippen LogP contribution is -1.97. The van der Waals surface area contributed by atoms with Crippen molar-refractivity contribution >= 4 is 21.7 Å². The number of Topliss-reactive ketones (excluding diaryl/α,β-unsaturated/α-hetero) is 1. The van der Waals surface area contributed by atoms with Gasteiger partial charge in [0.1, 0.15) is 5.75 Å². The van der Waals surface area contributed by atoms with E-state index in [0.29, 0.717) is 22.4 Å². The molecule has 0 unspecified atom stereocenters. The van der Waals surface area contributed by atoms with Crippen LogP contribution in [0.1, 0.15) is 22.8 Å². The Balaban J connectivity index is 2.36. The van der Waals surface area contributed by atoms with Crippen LogP contribution < -0.4 is 9.47 Å². The minimum atomic E-state index is -0.00397. The van der Waals surface area contributed by atoms with E-state index in [1.54, 1.807) is 25.3 Å². The second kappa shape index (κ2) is 6.57. The van der Waals surface area contributed by atoms with Gasteiger partial charge in [-0.1, -0.05) is 34.1 Å². The van der Waals surface area contributed by atoms with Crippen LogP contribution in [-0.4, -0.2) is 12.9 Å². The highest BCUT2D eigenvalue weighted by Gasteiger charge is 2.10. The molecule has 0 aliphatic heterocycles. The third-order valence-electron chi connectivity index (χ3n) is 2.91. The van der Waals surface area contributed by atoms with Gasteiger partial charge in [-0.2, -0.15) is 0 Å². The lowest BCUT2D eigenvalue weighted by molar-refractivity contribution is 0.101. The molecule has 0 aliphatic rings. The van der Waals surface area contributed by atoms with Crippen LogP contribution in [0.2, 0.25) is 0 Å². The predicted octanol–water partition coefficient (Wildman–Crippen LogP) is 4.59. The van der Waals surface area contributed by atoms with Crippen LogP contribution in [0.5, 0.6) is 17.2 Å². The minimum absolute atomic E-state index is 0.00397. The number of hydrogen-bond acceptors (Lipinski definition) is 3. The van der Waals surface area contributed by atoms with Gasteiger partial charge < -0.3 is 9.47 Å². The Labute approximate surface area is 126 Å². The van der Waals surface area contributed by atoms with Gasteiger partial charge >= 0.3 is 0 Å². The summed E-state index contributed by atoms with van der Waals surface area (Å²) in [5.74, 6) is 1.89. The van der Waals surface area contributed by atoms with Crippen molar-refractivity contribution in [3.05, 3.63) is 53.6 Å². The smallest absolute Gasteiger partial charge is 0.169 e. The van der Waals surface area contributed by atoms with Gasteiger partial charge in [0.15, 0.2) is 17.3 Å². The second-order valence-electron chi connectivity index (χ2n) is 4.27. The molecule has 0 aliphatic carbocycles. The van der Waals surface area contributed by atoms with Gasteiger partial charge in [-0.05, 0) is 31.2 Å². The molecule has 0 radical (unpaired) electrons. The van der Waals surface area contributed by atoms with E-state index in [1.165, 1.54) is 6.92 Å². The van der Waals surface area contributed by atoms with Gasteiger partial charge in [-0.3, -0.25) is 4.79 Å². The Morgan fingerprint density at radius 1 is 1.10 bits per heavy atom. The van der Waals surface area contributed by atoms with Crippen LogP contribution in [0, 0.1) is 0 Å². The van der Waals surface area contributed by atoms with E-state index in [2.05, 4.69) is 15.9 Å². The molecular formula is C16H15BrO3. The number of benzene rings is 2. The number of methoxy groups -OCH3 is 1. The number of ether oxygens (including phenoxy) is 2. The van der Waals surface area contributed by atoms with E-state index in [-0.39, 0.29) is 5.78 Å². The van der Waals surface area contributed by atoms with E-state index in [4.69, 9.17) is 9.47 Å². The highest BCUT2D eigenvalue weighted by atomic mass is 79.9. The predicted molar refractivity (Wildman–Crippen MR) is 82.1 cm³/mol. The molecule has 0 heterocycles. The van der Waals surface area contributed by atoms with Crippen molar-refractivity contribution in [2.75, 3.05) is 7.11 Å². The van der Waals surface area contributed by atoms with Gasteiger partial charge in [0.05, 0.1) is 7.11 Å². The first-order valence-corrected chi connectivity index (χ1v) is 7.28. The van der Waals surface area contributed by atoms with E-state index in [0.717, 1.165) is 11.3 Å². The molecule has 0 atom stereocenters. The maximum Gasteiger partial charge on any atom is 0.169 e. The maximum atomic E-state index is 11.4. The summed E-state index contributed by atoms with van der Waals surface area (Å²) < 4.78 is 11.2. The van der Waals surface area contributed by atoms with Crippen LogP contribution in [-0.2, 0) is 5.33 Å². The Morgan fingerprint density at radius 3 is 2.50 bits per heavy atom. The highest BCUT2D eigenvalue weighted by Crippen LogP contribution is 2.34. The summed E-state index contributed by atoms with van der Waals surface area (Å²) in [7, 11) is 1.56. The first kappa shape index (κ1) is 14.6. The number of carbonyl (C=O) groups excluding carboxylic acids is 1. The second-order valence-corrected chi connectivity index (χ2v) is 4.83. The summed E-state index contributed by atoms with van der Waals surface area (Å²) in [6.45, 7) is 1.52. The van der Waals surface area contributed by atoms with Crippen molar-refractivity contribution in [2.45, 2.75) is 12.3 Å². The zero-order valence-electron chi connectivity index (χ0n) is 11.4. The molecule has 20 heavy (non-hydrogen) atoms. The number of carbonyl (C=O) groups is 1. The van der Waals surface area contributed by atoms with Crippen LogP contribution in [0.15, 0.2) is 42.5 Å². The molecule has 104 valence electrons. The molecular weight excluding hydrogens is 320 g/mol. The lowest BCUT2D eigenvalue weighted by Gasteiger charge is -2.13. The van der Waals surface area contributed by atoms with Crippen molar-refractivity contribution in [3.8, 4) is 17.2 Å². The zero-order valence-corrected chi connectivity index (χ0v) is 12.9. The number of ketones is 1. The fraction of sp³-hybridized carbons (Fsp3) is 0.188. The fourth-order valence-corrected chi connectivity index (χ4v) is 2.27. The zero-order chi connectivity index (χ0) is 14.5. The molecule has 3 nitrogen and oxygen atoms in total. The standard InChI is InChI=1S/C16H15BrO3/c1-11(18)12-7-8-15(16(9-12)19-2)20-14-6-4-3-5-13(14)10-17/h3-9H,10H2,1-2H3. The van der Waals surface area contributed by atoms with Crippen LogP contribution in [0.3, 0.4) is 0 Å². The normalized spacial score (nSPS) is 10.2. The molecule has 0 saturated heterocycles. The van der Waals surface area contributed by atoms with E-state index >= 15 is 0 Å². The average Bonchev–Trinajstić information content (AvgIpc) is 2.48. The molecule has 2 rings (SSSR count). The van der Waals surface area contributed by atoms with E-state index in [9.17, 15) is 4.79 Å². The summed E-state index contributed by atoms with van der Waals surface area (Å²) in [5.41, 5.74) is 1.65. The van der Waals surface area contributed by atoms with Crippen molar-refractivity contribution in [2.24, 2.45) is 0 Å². The van der Waals surface area contributed by atoms with Gasteiger partial charge in [-0.25, -0.2) is 0 Å². The first-order valence-electron chi connectivity index (χ1n) is 6.16. The molecule has 0 bridgehead atoms. The van der Waals surface area contributed by atoms with Crippen LogP contribution >= 0.6 is 15.9 Å². The molecule has 0 spiro atoms. The van der Waals surface area contributed by atoms with E-state index in [1.807, 2.05) is 24.3 Å². The monoisotopic (exact) mass is 334 g/mol. The third-order valence-corrected chi connectivity index (χ3v) is 3.51. The third kappa shape index (κ3) is 3.20. The minimum Gasteiger partial charge on any atom is -0.493 e. The van der Waals surface area contributed by atoms with Crippen molar-refractivity contribution in [1.29, 1.82) is 0 Å². The van der Waals surface area contributed by atoms with E-state index < -0.39 is 0 Å². The van der Waals surface area contributed by atoms with Gasteiger partial charge in [0, 0.05) is 16.5 Å². The summed E-state index contributed by atoms with van der Waals surface area (Å²) in [5, 5.41) is 0.705. The van der Waals surface area contributed by atoms with Crippen LogP contribution in [0.25, 0.3) is 0 Å². The molecule has 0 fully saturated rings. The fourth-order valence-electron chi connectivity index (χ4n) is 1.80. The molecule has 2 aromatic rings. The molecule has 2 aromatic carbocycles. The number of para-hydroxylation sites is 1.